The molecule has 1 fully saturated rings. The maximum absolute atomic E-state index is 12.3. The monoisotopic (exact) mass is 349 g/mol. The Morgan fingerprint density at radius 2 is 2.04 bits per heavy atom. The van der Waals surface area contributed by atoms with Gasteiger partial charge in [0, 0.05) is 26.2 Å². The first-order valence-corrected chi connectivity index (χ1v) is 8.36. The molecule has 0 bridgehead atoms. The van der Waals surface area contributed by atoms with Crippen LogP contribution in [0.15, 0.2) is 24.0 Å². The summed E-state index contributed by atoms with van der Waals surface area (Å²) >= 11 is 1.37. The predicted molar refractivity (Wildman–Crippen MR) is 89.8 cm³/mol. The van der Waals surface area contributed by atoms with Gasteiger partial charge < -0.3 is 19.3 Å². The SMILES string of the molecule is CCO/C=C(\C#N)C(=O)N1CCN(c2ccc(C(=O)OC)s2)CC1. The lowest BCUT2D eigenvalue weighted by Crippen LogP contribution is -2.49. The molecule has 1 saturated heterocycles. The van der Waals surface area contributed by atoms with Crippen molar-refractivity contribution in [3.05, 3.63) is 28.8 Å². The second kappa shape index (κ2) is 8.36. The van der Waals surface area contributed by atoms with Crippen LogP contribution in [0.4, 0.5) is 5.00 Å². The van der Waals surface area contributed by atoms with E-state index < -0.39 is 0 Å². The van der Waals surface area contributed by atoms with Crippen LogP contribution in [0.1, 0.15) is 16.6 Å². The number of nitrogens with zero attached hydrogens (tertiary/aromatic N) is 3. The number of hydrogen-bond donors (Lipinski definition) is 0. The molecule has 0 spiro atoms. The first-order chi connectivity index (χ1) is 11.6. The summed E-state index contributed by atoms with van der Waals surface area (Å²) in [6.07, 6.45) is 1.22. The Labute approximate surface area is 144 Å². The summed E-state index contributed by atoms with van der Waals surface area (Å²) in [5, 5.41) is 10.0. The Kier molecular flexibility index (Phi) is 6.21. The van der Waals surface area contributed by atoms with Gasteiger partial charge in [0.2, 0.25) is 0 Å². The molecular weight excluding hydrogens is 330 g/mol. The van der Waals surface area contributed by atoms with Crippen molar-refractivity contribution < 1.29 is 19.1 Å². The van der Waals surface area contributed by atoms with Gasteiger partial charge in [0.05, 0.1) is 18.7 Å². The third-order valence-corrected chi connectivity index (χ3v) is 4.70. The molecule has 1 aromatic rings. The van der Waals surface area contributed by atoms with Crippen molar-refractivity contribution in [1.82, 2.24) is 4.90 Å². The Balaban J connectivity index is 1.96. The van der Waals surface area contributed by atoms with Crippen molar-refractivity contribution in [2.45, 2.75) is 6.92 Å². The van der Waals surface area contributed by atoms with E-state index in [0.29, 0.717) is 37.7 Å². The zero-order valence-corrected chi connectivity index (χ0v) is 14.5. The van der Waals surface area contributed by atoms with Gasteiger partial charge in [-0.1, -0.05) is 0 Å². The molecule has 1 aliphatic rings. The lowest BCUT2D eigenvalue weighted by atomic mass is 10.2. The summed E-state index contributed by atoms with van der Waals surface area (Å²) < 4.78 is 9.75. The molecule has 0 saturated carbocycles. The van der Waals surface area contributed by atoms with Gasteiger partial charge in [-0.2, -0.15) is 5.26 Å². The van der Waals surface area contributed by atoms with E-state index in [1.54, 1.807) is 17.9 Å². The fourth-order valence-corrected chi connectivity index (χ4v) is 3.28. The van der Waals surface area contributed by atoms with Crippen molar-refractivity contribution in [3.8, 4) is 6.07 Å². The standard InChI is InChI=1S/C16H19N3O4S/c1-3-23-11-12(10-17)15(20)19-8-6-18(7-9-19)14-5-4-13(24-14)16(21)22-2/h4-5,11H,3,6-9H2,1-2H3/b12-11+. The largest absolute Gasteiger partial charge is 0.500 e. The summed E-state index contributed by atoms with van der Waals surface area (Å²) in [5.41, 5.74) is 0.00870. The van der Waals surface area contributed by atoms with Crippen molar-refractivity contribution in [3.63, 3.8) is 0 Å². The minimum atomic E-state index is -0.347. The smallest absolute Gasteiger partial charge is 0.348 e. The number of thiophene rings is 1. The second-order valence-electron chi connectivity index (χ2n) is 5.01. The number of esters is 1. The lowest BCUT2D eigenvalue weighted by Gasteiger charge is -2.35. The Morgan fingerprint density at radius 1 is 1.33 bits per heavy atom. The van der Waals surface area contributed by atoms with Crippen LogP contribution in [0.2, 0.25) is 0 Å². The highest BCUT2D eigenvalue weighted by Crippen LogP contribution is 2.27. The van der Waals surface area contributed by atoms with Crippen LogP contribution in [-0.4, -0.2) is 56.7 Å². The number of anilines is 1. The summed E-state index contributed by atoms with van der Waals surface area (Å²) in [6, 6.07) is 5.50. The van der Waals surface area contributed by atoms with Crippen LogP contribution in [0, 0.1) is 11.3 Å². The fraction of sp³-hybridized carbons (Fsp3) is 0.438. The average molecular weight is 349 g/mol. The van der Waals surface area contributed by atoms with Crippen LogP contribution in [0.5, 0.6) is 0 Å². The van der Waals surface area contributed by atoms with E-state index in [2.05, 4.69) is 4.90 Å². The number of carbonyl (C=O) groups excluding carboxylic acids is 2. The van der Waals surface area contributed by atoms with Gasteiger partial charge >= 0.3 is 5.97 Å². The molecule has 1 amide bonds. The van der Waals surface area contributed by atoms with Crippen molar-refractivity contribution in [2.75, 3.05) is 44.8 Å². The van der Waals surface area contributed by atoms with Crippen molar-refractivity contribution in [2.24, 2.45) is 0 Å². The number of amides is 1. The van der Waals surface area contributed by atoms with Crippen molar-refractivity contribution >= 4 is 28.2 Å². The van der Waals surface area contributed by atoms with Gasteiger partial charge in [-0.3, -0.25) is 4.79 Å². The topological polar surface area (TPSA) is 82.9 Å². The number of rotatable bonds is 5. The van der Waals surface area contributed by atoms with Gasteiger partial charge in [0.25, 0.3) is 5.91 Å². The normalized spacial score (nSPS) is 15.0. The molecule has 0 aromatic carbocycles. The molecule has 0 N–H and O–H groups in total. The molecule has 8 heteroatoms. The van der Waals surface area contributed by atoms with E-state index in [1.165, 1.54) is 24.7 Å². The fourth-order valence-electron chi connectivity index (χ4n) is 2.30. The quantitative estimate of drug-likeness (QED) is 0.348. The molecule has 128 valence electrons. The number of ether oxygens (including phenoxy) is 2. The molecular formula is C16H19N3O4S. The molecule has 24 heavy (non-hydrogen) atoms. The van der Waals surface area contributed by atoms with Crippen LogP contribution in [0.3, 0.4) is 0 Å². The first kappa shape index (κ1) is 17.8. The van der Waals surface area contributed by atoms with E-state index in [0.717, 1.165) is 5.00 Å². The van der Waals surface area contributed by atoms with Crippen LogP contribution in [0.25, 0.3) is 0 Å². The molecule has 2 rings (SSSR count). The number of nitriles is 1. The van der Waals surface area contributed by atoms with Gasteiger partial charge in [0.1, 0.15) is 17.2 Å². The number of piperazine rings is 1. The highest BCUT2D eigenvalue weighted by Gasteiger charge is 2.25. The highest BCUT2D eigenvalue weighted by atomic mass is 32.1. The third kappa shape index (κ3) is 4.06. The highest BCUT2D eigenvalue weighted by molar-refractivity contribution is 7.17. The second-order valence-corrected chi connectivity index (χ2v) is 6.07. The molecule has 1 aromatic heterocycles. The zero-order chi connectivity index (χ0) is 17.5. The van der Waals surface area contributed by atoms with E-state index in [1.807, 2.05) is 12.1 Å². The summed E-state index contributed by atoms with van der Waals surface area (Å²) in [6.45, 7) is 4.50. The molecule has 0 atom stereocenters. The molecule has 0 radical (unpaired) electrons. The lowest BCUT2D eigenvalue weighted by molar-refractivity contribution is -0.127. The number of carbonyl (C=O) groups is 2. The summed E-state index contributed by atoms with van der Waals surface area (Å²) in [7, 11) is 1.36. The zero-order valence-electron chi connectivity index (χ0n) is 13.7. The average Bonchev–Trinajstić information content (AvgIpc) is 3.11. The minimum Gasteiger partial charge on any atom is -0.500 e. The molecule has 1 aliphatic heterocycles. The van der Waals surface area contributed by atoms with Gasteiger partial charge in [-0.15, -0.1) is 11.3 Å². The Hall–Kier alpha value is -2.53. The predicted octanol–water partition coefficient (Wildman–Crippen LogP) is 1.63. The van der Waals surface area contributed by atoms with E-state index in [-0.39, 0.29) is 17.4 Å². The number of hydrogen-bond acceptors (Lipinski definition) is 7. The van der Waals surface area contributed by atoms with Gasteiger partial charge in [0.15, 0.2) is 5.57 Å². The maximum atomic E-state index is 12.3. The molecule has 7 nitrogen and oxygen atoms in total. The Bertz CT molecular complexity index is 669. The van der Waals surface area contributed by atoms with E-state index in [9.17, 15) is 9.59 Å². The number of methoxy groups -OCH3 is 1. The minimum absolute atomic E-state index is 0.00870. The van der Waals surface area contributed by atoms with Gasteiger partial charge in [-0.05, 0) is 19.1 Å². The summed E-state index contributed by atoms with van der Waals surface area (Å²) in [5.74, 6) is -0.660. The Morgan fingerprint density at radius 3 is 2.62 bits per heavy atom. The summed E-state index contributed by atoms with van der Waals surface area (Å²) in [4.78, 5) is 28.1. The third-order valence-electron chi connectivity index (χ3n) is 3.58. The van der Waals surface area contributed by atoms with Crippen molar-refractivity contribution in [1.29, 1.82) is 5.26 Å². The van der Waals surface area contributed by atoms with Crippen LogP contribution >= 0.6 is 11.3 Å². The van der Waals surface area contributed by atoms with Gasteiger partial charge in [-0.25, -0.2) is 4.79 Å². The molecule has 0 unspecified atom stereocenters. The van der Waals surface area contributed by atoms with Crippen LogP contribution < -0.4 is 4.90 Å². The van der Waals surface area contributed by atoms with Crippen LogP contribution in [-0.2, 0) is 14.3 Å². The first-order valence-electron chi connectivity index (χ1n) is 7.55. The van der Waals surface area contributed by atoms with E-state index >= 15 is 0 Å². The maximum Gasteiger partial charge on any atom is 0.348 e. The molecule has 2 heterocycles. The molecule has 0 aliphatic carbocycles. The van der Waals surface area contributed by atoms with E-state index in [4.69, 9.17) is 14.7 Å².